The second-order valence-electron chi connectivity index (χ2n) is 6.77. The molecule has 10 heteroatoms. The van der Waals surface area contributed by atoms with E-state index in [2.05, 4.69) is 17.2 Å². The number of benzene rings is 1. The molecule has 3 heterocycles. The summed E-state index contributed by atoms with van der Waals surface area (Å²) in [7, 11) is 1.60. The van der Waals surface area contributed by atoms with Crippen molar-refractivity contribution in [3.63, 3.8) is 0 Å². The van der Waals surface area contributed by atoms with E-state index in [0.29, 0.717) is 31.9 Å². The number of thiazole rings is 1. The number of ether oxygens (including phenoxy) is 1. The molecule has 1 N–H and O–H groups in total. The zero-order valence-electron chi connectivity index (χ0n) is 16.7. The van der Waals surface area contributed by atoms with Crippen LogP contribution >= 0.6 is 34.9 Å². The Kier molecular flexibility index (Phi) is 6.16. The smallest absolute Gasteiger partial charge is 0.272 e. The molecule has 156 valence electrons. The second-order valence-corrected chi connectivity index (χ2v) is 10.0. The van der Waals surface area contributed by atoms with Crippen molar-refractivity contribution in [2.75, 3.05) is 18.2 Å². The van der Waals surface area contributed by atoms with Crippen LogP contribution in [0.1, 0.15) is 18.3 Å². The zero-order valence-corrected chi connectivity index (χ0v) is 19.1. The number of carbonyl (C=O) groups is 1. The number of aromatic nitrogens is 3. The van der Waals surface area contributed by atoms with Crippen LogP contribution < -0.4 is 15.6 Å². The maximum Gasteiger partial charge on any atom is 0.272 e. The maximum atomic E-state index is 13.3. The maximum absolute atomic E-state index is 13.3. The Labute approximate surface area is 186 Å². The van der Waals surface area contributed by atoms with Crippen LogP contribution in [0.4, 0.5) is 5.13 Å². The Hall–Kier alpha value is -2.30. The molecule has 1 aliphatic rings. The number of hydrogen-bond donors (Lipinski definition) is 1. The third-order valence-corrected chi connectivity index (χ3v) is 7.44. The average Bonchev–Trinajstić information content (AvgIpc) is 3.31. The summed E-state index contributed by atoms with van der Waals surface area (Å²) >= 11 is 4.18. The van der Waals surface area contributed by atoms with Crippen LogP contribution in [-0.4, -0.2) is 38.6 Å². The third-order valence-electron chi connectivity index (χ3n) is 4.41. The minimum absolute atomic E-state index is 0.0991. The van der Waals surface area contributed by atoms with Gasteiger partial charge in [0.1, 0.15) is 5.75 Å². The quantitative estimate of drug-likeness (QED) is 0.443. The fourth-order valence-corrected chi connectivity index (χ4v) is 5.68. The minimum Gasteiger partial charge on any atom is -0.497 e. The highest BCUT2D eigenvalue weighted by atomic mass is 32.2. The molecule has 2 aromatic heterocycles. The standard InChI is InChI=1S/C20H20N4O3S3/c1-11-9-28-19(21-11)23-16(25)10-29-20-22-15-8-12(2)30-17(15)18(26)24(20)13-4-6-14(27-3)7-5-13/h4-7,9,12H,8,10H2,1-3H3,(H,21,23,25). The van der Waals surface area contributed by atoms with E-state index in [1.807, 2.05) is 24.4 Å². The molecule has 0 radical (unpaired) electrons. The van der Waals surface area contributed by atoms with E-state index in [1.54, 1.807) is 35.6 Å². The van der Waals surface area contributed by atoms with Crippen molar-refractivity contribution in [1.29, 1.82) is 0 Å². The molecule has 0 fully saturated rings. The van der Waals surface area contributed by atoms with Gasteiger partial charge in [-0.15, -0.1) is 23.1 Å². The Balaban J connectivity index is 1.63. The van der Waals surface area contributed by atoms with Crippen molar-refractivity contribution < 1.29 is 9.53 Å². The predicted octanol–water partition coefficient (Wildman–Crippen LogP) is 3.77. The second kappa shape index (κ2) is 8.83. The molecule has 7 nitrogen and oxygen atoms in total. The van der Waals surface area contributed by atoms with E-state index in [1.165, 1.54) is 23.1 Å². The number of aryl methyl sites for hydroxylation is 1. The number of amides is 1. The first-order valence-corrected chi connectivity index (χ1v) is 12.0. The molecule has 0 spiro atoms. The first kappa shape index (κ1) is 21.0. The Morgan fingerprint density at radius 1 is 1.33 bits per heavy atom. The van der Waals surface area contributed by atoms with Gasteiger partial charge in [-0.25, -0.2) is 9.97 Å². The first-order chi connectivity index (χ1) is 14.4. The van der Waals surface area contributed by atoms with Gasteiger partial charge in [-0.3, -0.25) is 14.2 Å². The van der Waals surface area contributed by atoms with E-state index in [-0.39, 0.29) is 17.2 Å². The van der Waals surface area contributed by atoms with Crippen molar-refractivity contribution >= 4 is 45.9 Å². The summed E-state index contributed by atoms with van der Waals surface area (Å²) in [4.78, 5) is 35.3. The fraction of sp³-hybridized carbons (Fsp3) is 0.300. The Morgan fingerprint density at radius 3 is 2.77 bits per heavy atom. The van der Waals surface area contributed by atoms with Gasteiger partial charge in [0.15, 0.2) is 10.3 Å². The molecular formula is C20H20N4O3S3. The molecule has 0 saturated heterocycles. The number of fused-ring (bicyclic) bond motifs is 1. The molecule has 1 aliphatic heterocycles. The number of rotatable bonds is 6. The van der Waals surface area contributed by atoms with Gasteiger partial charge in [-0.2, -0.15) is 0 Å². The lowest BCUT2D eigenvalue weighted by atomic mass is 10.2. The SMILES string of the molecule is COc1ccc(-n2c(SCC(=O)Nc3nc(C)cs3)nc3c(c2=O)SC(C)C3)cc1. The van der Waals surface area contributed by atoms with Gasteiger partial charge in [0.2, 0.25) is 5.91 Å². The van der Waals surface area contributed by atoms with Crippen LogP contribution in [0.15, 0.2) is 44.5 Å². The minimum atomic E-state index is -0.187. The van der Waals surface area contributed by atoms with E-state index >= 15 is 0 Å². The van der Waals surface area contributed by atoms with Crippen molar-refractivity contribution in [2.45, 2.75) is 35.6 Å². The van der Waals surface area contributed by atoms with Gasteiger partial charge < -0.3 is 10.1 Å². The van der Waals surface area contributed by atoms with Crippen LogP contribution in [0.25, 0.3) is 5.69 Å². The van der Waals surface area contributed by atoms with Gasteiger partial charge in [0.05, 0.1) is 34.8 Å². The lowest BCUT2D eigenvalue weighted by Gasteiger charge is -2.14. The molecule has 0 saturated carbocycles. The zero-order chi connectivity index (χ0) is 21.3. The predicted molar refractivity (Wildman–Crippen MR) is 122 cm³/mol. The van der Waals surface area contributed by atoms with Crippen LogP contribution in [0, 0.1) is 6.92 Å². The third kappa shape index (κ3) is 4.40. The summed E-state index contributed by atoms with van der Waals surface area (Å²) in [5, 5.41) is 6.05. The highest BCUT2D eigenvalue weighted by Gasteiger charge is 2.27. The molecule has 30 heavy (non-hydrogen) atoms. The molecule has 1 amide bonds. The molecule has 4 rings (SSSR count). The molecular weight excluding hydrogens is 440 g/mol. The van der Waals surface area contributed by atoms with Gasteiger partial charge in [-0.05, 0) is 31.2 Å². The number of hydrogen-bond acceptors (Lipinski definition) is 8. The molecule has 0 bridgehead atoms. The van der Waals surface area contributed by atoms with Crippen molar-refractivity contribution in [3.05, 3.63) is 51.4 Å². The monoisotopic (exact) mass is 460 g/mol. The summed E-state index contributed by atoms with van der Waals surface area (Å²) in [6, 6.07) is 7.24. The molecule has 1 atom stereocenters. The van der Waals surface area contributed by atoms with E-state index < -0.39 is 0 Å². The van der Waals surface area contributed by atoms with E-state index in [0.717, 1.165) is 17.8 Å². The number of carbonyl (C=O) groups excluding carboxylic acids is 1. The summed E-state index contributed by atoms with van der Waals surface area (Å²) < 4.78 is 6.80. The topological polar surface area (TPSA) is 86.1 Å². The highest BCUT2D eigenvalue weighted by molar-refractivity contribution is 8.00. The number of methoxy groups -OCH3 is 1. The van der Waals surface area contributed by atoms with Crippen molar-refractivity contribution in [1.82, 2.24) is 14.5 Å². The Morgan fingerprint density at radius 2 is 2.10 bits per heavy atom. The van der Waals surface area contributed by atoms with E-state index in [9.17, 15) is 9.59 Å². The number of nitrogens with one attached hydrogen (secondary N) is 1. The molecule has 0 aliphatic carbocycles. The summed E-state index contributed by atoms with van der Waals surface area (Å²) in [6.07, 6.45) is 0.747. The number of anilines is 1. The van der Waals surface area contributed by atoms with E-state index in [4.69, 9.17) is 9.72 Å². The first-order valence-electron chi connectivity index (χ1n) is 9.26. The summed E-state index contributed by atoms with van der Waals surface area (Å²) in [6.45, 7) is 3.96. The Bertz CT molecular complexity index is 1140. The summed E-state index contributed by atoms with van der Waals surface area (Å²) in [5.41, 5.74) is 2.26. The van der Waals surface area contributed by atoms with Gasteiger partial charge in [0, 0.05) is 17.1 Å². The molecule has 1 unspecified atom stereocenters. The average molecular weight is 461 g/mol. The lowest BCUT2D eigenvalue weighted by Crippen LogP contribution is -2.24. The molecule has 1 aromatic carbocycles. The number of thioether (sulfide) groups is 2. The lowest BCUT2D eigenvalue weighted by molar-refractivity contribution is -0.113. The normalized spacial score (nSPS) is 15.1. The van der Waals surface area contributed by atoms with Crippen LogP contribution in [0.5, 0.6) is 5.75 Å². The van der Waals surface area contributed by atoms with Crippen molar-refractivity contribution in [2.24, 2.45) is 0 Å². The van der Waals surface area contributed by atoms with Crippen LogP contribution in [0.2, 0.25) is 0 Å². The van der Waals surface area contributed by atoms with Crippen molar-refractivity contribution in [3.8, 4) is 11.4 Å². The van der Waals surface area contributed by atoms with Crippen LogP contribution in [-0.2, 0) is 11.2 Å². The fourth-order valence-electron chi connectivity index (χ4n) is 3.05. The van der Waals surface area contributed by atoms with Gasteiger partial charge in [-0.1, -0.05) is 18.7 Å². The van der Waals surface area contributed by atoms with Gasteiger partial charge >= 0.3 is 0 Å². The summed E-state index contributed by atoms with van der Waals surface area (Å²) in [5.74, 6) is 0.646. The largest absolute Gasteiger partial charge is 0.497 e. The number of nitrogens with zero attached hydrogens (tertiary/aromatic N) is 3. The van der Waals surface area contributed by atoms with Crippen LogP contribution in [0.3, 0.4) is 0 Å². The van der Waals surface area contributed by atoms with Gasteiger partial charge in [0.25, 0.3) is 5.56 Å². The highest BCUT2D eigenvalue weighted by Crippen LogP contribution is 2.35. The molecule has 3 aromatic rings.